The lowest BCUT2D eigenvalue weighted by Gasteiger charge is -2.09. The number of hydrogen-bond donors (Lipinski definition) is 3. The van der Waals surface area contributed by atoms with Gasteiger partial charge in [0, 0.05) is 37.6 Å². The summed E-state index contributed by atoms with van der Waals surface area (Å²) >= 11 is 0. The van der Waals surface area contributed by atoms with Crippen LogP contribution in [0.25, 0.3) is 11.2 Å². The Kier molecular flexibility index (Phi) is 4.74. The monoisotopic (exact) mass is 376 g/mol. The summed E-state index contributed by atoms with van der Waals surface area (Å²) in [4.78, 5) is 30.6. The smallest absolute Gasteiger partial charge is 0.269 e. The number of aromatic nitrogens is 5. The van der Waals surface area contributed by atoms with Crippen LogP contribution < -0.4 is 10.6 Å². The van der Waals surface area contributed by atoms with E-state index < -0.39 is 4.92 Å². The first kappa shape index (κ1) is 17.3. The molecule has 0 fully saturated rings. The van der Waals surface area contributed by atoms with Crippen LogP contribution in [-0.2, 0) is 13.1 Å². The summed E-state index contributed by atoms with van der Waals surface area (Å²) in [6.07, 6.45) is 5.07. The molecule has 3 aromatic heterocycles. The fourth-order valence-electron chi connectivity index (χ4n) is 2.65. The van der Waals surface area contributed by atoms with E-state index in [4.69, 9.17) is 0 Å². The number of hydrogen-bond acceptors (Lipinski definition) is 8. The Labute approximate surface area is 159 Å². The van der Waals surface area contributed by atoms with Gasteiger partial charge in [0.2, 0.25) is 5.95 Å². The van der Waals surface area contributed by atoms with Crippen LogP contribution in [0.5, 0.6) is 0 Å². The van der Waals surface area contributed by atoms with Gasteiger partial charge in [0.15, 0.2) is 11.5 Å². The Bertz CT molecular complexity index is 1100. The van der Waals surface area contributed by atoms with E-state index in [1.807, 2.05) is 12.1 Å². The molecule has 0 unspecified atom stereocenters. The van der Waals surface area contributed by atoms with Crippen molar-refractivity contribution in [3.63, 3.8) is 0 Å². The van der Waals surface area contributed by atoms with Gasteiger partial charge < -0.3 is 15.6 Å². The first-order chi connectivity index (χ1) is 13.7. The Morgan fingerprint density at radius 2 is 1.86 bits per heavy atom. The van der Waals surface area contributed by atoms with Crippen molar-refractivity contribution in [3.8, 4) is 0 Å². The second-order valence-electron chi connectivity index (χ2n) is 5.99. The molecule has 4 aromatic rings. The van der Waals surface area contributed by atoms with E-state index in [-0.39, 0.29) is 5.69 Å². The lowest BCUT2D eigenvalue weighted by Crippen LogP contribution is -2.08. The Balaban J connectivity index is 1.50. The highest BCUT2D eigenvalue weighted by molar-refractivity contribution is 5.83. The van der Waals surface area contributed by atoms with Crippen molar-refractivity contribution in [2.45, 2.75) is 13.1 Å². The maximum atomic E-state index is 10.7. The van der Waals surface area contributed by atoms with Crippen molar-refractivity contribution < 1.29 is 4.92 Å². The molecule has 0 aliphatic carbocycles. The van der Waals surface area contributed by atoms with Gasteiger partial charge >= 0.3 is 0 Å². The molecule has 4 rings (SSSR count). The third kappa shape index (κ3) is 3.85. The van der Waals surface area contributed by atoms with Gasteiger partial charge in [-0.3, -0.25) is 15.1 Å². The number of H-pyrrole nitrogens is 1. The summed E-state index contributed by atoms with van der Waals surface area (Å²) in [5, 5.41) is 17.1. The number of anilines is 2. The summed E-state index contributed by atoms with van der Waals surface area (Å²) in [7, 11) is 0. The minimum absolute atomic E-state index is 0.0554. The summed E-state index contributed by atoms with van der Waals surface area (Å²) in [5.74, 6) is 1.03. The van der Waals surface area contributed by atoms with E-state index in [0.29, 0.717) is 36.0 Å². The topological polar surface area (TPSA) is 135 Å². The summed E-state index contributed by atoms with van der Waals surface area (Å²) in [6, 6.07) is 10.2. The van der Waals surface area contributed by atoms with Crippen molar-refractivity contribution in [3.05, 3.63) is 76.4 Å². The SMILES string of the molecule is O=[N+]([O-])c1ccc(CNc2nc(NCc3cccnc3)c3[nH]cnc3n2)cc1. The van der Waals surface area contributed by atoms with Crippen molar-refractivity contribution in [1.82, 2.24) is 24.9 Å². The first-order valence-corrected chi connectivity index (χ1v) is 8.50. The molecule has 0 saturated carbocycles. The Hall–Kier alpha value is -4.08. The normalized spacial score (nSPS) is 10.7. The van der Waals surface area contributed by atoms with E-state index in [1.54, 1.807) is 30.9 Å². The molecule has 0 atom stereocenters. The molecule has 0 amide bonds. The number of imidazole rings is 1. The highest BCUT2D eigenvalue weighted by Crippen LogP contribution is 2.20. The number of rotatable bonds is 7. The fraction of sp³-hybridized carbons (Fsp3) is 0.111. The zero-order valence-corrected chi connectivity index (χ0v) is 14.7. The molecule has 10 heteroatoms. The second kappa shape index (κ2) is 7.66. The summed E-state index contributed by atoms with van der Waals surface area (Å²) < 4.78 is 0. The number of fused-ring (bicyclic) bond motifs is 1. The van der Waals surface area contributed by atoms with Gasteiger partial charge in [0.05, 0.1) is 11.3 Å². The Morgan fingerprint density at radius 1 is 1.04 bits per heavy atom. The van der Waals surface area contributed by atoms with Gasteiger partial charge in [-0.05, 0) is 17.2 Å². The molecule has 0 spiro atoms. The molecule has 140 valence electrons. The number of aromatic amines is 1. The maximum Gasteiger partial charge on any atom is 0.269 e. The molecule has 0 aliphatic rings. The molecule has 10 nitrogen and oxygen atoms in total. The van der Waals surface area contributed by atoms with Crippen LogP contribution >= 0.6 is 0 Å². The lowest BCUT2D eigenvalue weighted by molar-refractivity contribution is -0.384. The van der Waals surface area contributed by atoms with E-state index in [1.165, 1.54) is 12.1 Å². The number of nitro groups is 1. The summed E-state index contributed by atoms with van der Waals surface area (Å²) in [5.41, 5.74) is 3.20. The minimum atomic E-state index is -0.425. The van der Waals surface area contributed by atoms with Crippen LogP contribution in [0.4, 0.5) is 17.5 Å². The number of nitrogens with zero attached hydrogens (tertiary/aromatic N) is 5. The van der Waals surface area contributed by atoms with Gasteiger partial charge in [-0.25, -0.2) is 4.98 Å². The van der Waals surface area contributed by atoms with Crippen molar-refractivity contribution in [2.75, 3.05) is 10.6 Å². The third-order valence-electron chi connectivity index (χ3n) is 4.07. The lowest BCUT2D eigenvalue weighted by atomic mass is 10.2. The highest BCUT2D eigenvalue weighted by atomic mass is 16.6. The van der Waals surface area contributed by atoms with Crippen LogP contribution in [-0.4, -0.2) is 29.8 Å². The van der Waals surface area contributed by atoms with Crippen molar-refractivity contribution >= 4 is 28.6 Å². The average Bonchev–Trinajstić information content (AvgIpc) is 3.20. The molecule has 28 heavy (non-hydrogen) atoms. The van der Waals surface area contributed by atoms with Gasteiger partial charge in [-0.15, -0.1) is 0 Å². The van der Waals surface area contributed by atoms with Crippen molar-refractivity contribution in [2.24, 2.45) is 0 Å². The van der Waals surface area contributed by atoms with Crippen LogP contribution in [0.2, 0.25) is 0 Å². The molecule has 0 bridgehead atoms. The van der Waals surface area contributed by atoms with Gasteiger partial charge in [-0.2, -0.15) is 9.97 Å². The molecule has 0 radical (unpaired) electrons. The largest absolute Gasteiger partial charge is 0.364 e. The predicted molar refractivity (Wildman–Crippen MR) is 104 cm³/mol. The zero-order chi connectivity index (χ0) is 19.3. The van der Waals surface area contributed by atoms with Crippen molar-refractivity contribution in [1.29, 1.82) is 0 Å². The van der Waals surface area contributed by atoms with Gasteiger partial charge in [0.25, 0.3) is 5.69 Å². The molecule has 0 aliphatic heterocycles. The van der Waals surface area contributed by atoms with E-state index in [9.17, 15) is 10.1 Å². The first-order valence-electron chi connectivity index (χ1n) is 8.50. The van der Waals surface area contributed by atoms with E-state index >= 15 is 0 Å². The quantitative estimate of drug-likeness (QED) is 0.331. The number of nitro benzene ring substituents is 1. The Morgan fingerprint density at radius 3 is 2.61 bits per heavy atom. The minimum Gasteiger partial charge on any atom is -0.364 e. The predicted octanol–water partition coefficient (Wildman–Crippen LogP) is 2.88. The number of non-ortho nitro benzene ring substituents is 1. The zero-order valence-electron chi connectivity index (χ0n) is 14.7. The second-order valence-corrected chi connectivity index (χ2v) is 5.99. The van der Waals surface area contributed by atoms with Gasteiger partial charge in [0.1, 0.15) is 5.52 Å². The van der Waals surface area contributed by atoms with Crippen LogP contribution in [0.3, 0.4) is 0 Å². The van der Waals surface area contributed by atoms with E-state index in [0.717, 1.165) is 11.1 Å². The molecule has 0 saturated heterocycles. The highest BCUT2D eigenvalue weighted by Gasteiger charge is 2.10. The van der Waals surface area contributed by atoms with Crippen LogP contribution in [0.15, 0.2) is 55.1 Å². The molecule has 3 N–H and O–H groups in total. The fourth-order valence-corrected chi connectivity index (χ4v) is 2.65. The average molecular weight is 376 g/mol. The van der Waals surface area contributed by atoms with Gasteiger partial charge in [-0.1, -0.05) is 18.2 Å². The molecular formula is C18H16N8O2. The molecular weight excluding hydrogens is 360 g/mol. The number of nitrogens with one attached hydrogen (secondary N) is 3. The van der Waals surface area contributed by atoms with E-state index in [2.05, 4.69) is 35.6 Å². The van der Waals surface area contributed by atoms with Crippen LogP contribution in [0, 0.1) is 10.1 Å². The third-order valence-corrected chi connectivity index (χ3v) is 4.07. The molecule has 3 heterocycles. The van der Waals surface area contributed by atoms with Crippen LogP contribution in [0.1, 0.15) is 11.1 Å². The summed E-state index contributed by atoms with van der Waals surface area (Å²) in [6.45, 7) is 0.983. The maximum absolute atomic E-state index is 10.7. The molecule has 1 aromatic carbocycles. The number of benzene rings is 1. The standard InChI is InChI=1S/C18H16N8O2/c27-26(28)14-5-3-12(4-6-14)9-21-18-24-16(15-17(25-18)23-11-22-15)20-10-13-2-1-7-19-8-13/h1-8,11H,9-10H2,(H3,20,21,22,23,24,25). The number of pyridine rings is 1.